The fourth-order valence-electron chi connectivity index (χ4n) is 2.87. The van der Waals surface area contributed by atoms with Crippen LogP contribution in [0, 0.1) is 0 Å². The first-order chi connectivity index (χ1) is 9.97. The Labute approximate surface area is 124 Å². The molecule has 2 aliphatic heterocycles. The van der Waals surface area contributed by atoms with Crippen molar-refractivity contribution in [2.45, 2.75) is 44.2 Å². The monoisotopic (exact) mass is 315 g/mol. The van der Waals surface area contributed by atoms with Gasteiger partial charge in [-0.2, -0.15) is 4.98 Å². The minimum Gasteiger partial charge on any atom is -0.367 e. The van der Waals surface area contributed by atoms with Crippen molar-refractivity contribution in [2.75, 3.05) is 24.7 Å². The highest BCUT2D eigenvalue weighted by atomic mass is 32.2. The highest BCUT2D eigenvalue weighted by Gasteiger charge is 2.35. The maximum atomic E-state index is 11.6. The van der Waals surface area contributed by atoms with E-state index in [2.05, 4.69) is 15.5 Å². The number of nitrogens with zero attached hydrogens (tertiary/aromatic N) is 2. The molecule has 0 amide bonds. The molecule has 0 spiro atoms. The van der Waals surface area contributed by atoms with E-state index in [-0.39, 0.29) is 17.5 Å². The van der Waals surface area contributed by atoms with Crippen LogP contribution in [0.15, 0.2) is 4.52 Å². The topological polar surface area (TPSA) is 94.3 Å². The van der Waals surface area contributed by atoms with Gasteiger partial charge in [0.2, 0.25) is 11.7 Å². The van der Waals surface area contributed by atoms with Gasteiger partial charge in [0, 0.05) is 25.6 Å². The molecular formula is C13H21N3O4S. The molecule has 0 radical (unpaired) electrons. The molecule has 1 N–H and O–H groups in total. The summed E-state index contributed by atoms with van der Waals surface area (Å²) in [4.78, 5) is 4.41. The number of hydrogen-bond acceptors (Lipinski definition) is 7. The normalized spacial score (nSPS) is 32.9. The van der Waals surface area contributed by atoms with E-state index >= 15 is 0 Å². The van der Waals surface area contributed by atoms with Gasteiger partial charge in [-0.3, -0.25) is 0 Å². The van der Waals surface area contributed by atoms with E-state index in [0.29, 0.717) is 31.3 Å². The molecule has 1 aromatic rings. The van der Waals surface area contributed by atoms with Gasteiger partial charge in [-0.25, -0.2) is 8.42 Å². The third-order valence-electron chi connectivity index (χ3n) is 4.13. The van der Waals surface area contributed by atoms with E-state index in [1.54, 1.807) is 0 Å². The Hall–Kier alpha value is -0.990. The molecule has 2 unspecified atom stereocenters. The van der Waals surface area contributed by atoms with Crippen LogP contribution in [0.25, 0.3) is 0 Å². The van der Waals surface area contributed by atoms with E-state index in [9.17, 15) is 8.42 Å². The third kappa shape index (κ3) is 3.44. The van der Waals surface area contributed by atoms with Gasteiger partial charge < -0.3 is 14.6 Å². The summed E-state index contributed by atoms with van der Waals surface area (Å²) in [5.41, 5.74) is -0.480. The average Bonchev–Trinajstić information content (AvgIpc) is 2.88. The molecule has 0 saturated carbocycles. The molecule has 2 fully saturated rings. The summed E-state index contributed by atoms with van der Waals surface area (Å²) in [5.74, 6) is 1.36. The van der Waals surface area contributed by atoms with Crippen LogP contribution in [0.3, 0.4) is 0 Å². The lowest BCUT2D eigenvalue weighted by molar-refractivity contribution is -0.0770. The standard InChI is InChI=1S/C13H21N3O4S/c1-13(4-2-3-6-19-13)12-15-11(20-16-12)8-10-9-21(17,18)7-5-14-10/h10,14H,2-9H2,1H3. The summed E-state index contributed by atoms with van der Waals surface area (Å²) in [7, 11) is -2.95. The van der Waals surface area contributed by atoms with Crippen LogP contribution in [0.5, 0.6) is 0 Å². The highest BCUT2D eigenvalue weighted by molar-refractivity contribution is 7.91. The number of ether oxygens (including phenoxy) is 1. The summed E-state index contributed by atoms with van der Waals surface area (Å²) in [5, 5.41) is 7.21. The van der Waals surface area contributed by atoms with Gasteiger partial charge >= 0.3 is 0 Å². The molecule has 0 aromatic carbocycles. The van der Waals surface area contributed by atoms with Crippen LogP contribution < -0.4 is 5.32 Å². The minimum absolute atomic E-state index is 0.123. The molecule has 3 rings (SSSR count). The van der Waals surface area contributed by atoms with Crippen molar-refractivity contribution in [2.24, 2.45) is 0 Å². The predicted octanol–water partition coefficient (Wildman–Crippen LogP) is 0.414. The van der Waals surface area contributed by atoms with Crippen LogP contribution in [0.2, 0.25) is 0 Å². The first-order valence-electron chi connectivity index (χ1n) is 7.38. The number of hydrogen-bond donors (Lipinski definition) is 1. The lowest BCUT2D eigenvalue weighted by Gasteiger charge is -2.30. The van der Waals surface area contributed by atoms with E-state index < -0.39 is 15.4 Å². The Bertz CT molecular complexity index is 592. The molecule has 2 saturated heterocycles. The van der Waals surface area contributed by atoms with Gasteiger partial charge in [0.15, 0.2) is 9.84 Å². The molecule has 8 heteroatoms. The van der Waals surface area contributed by atoms with Gasteiger partial charge in [-0.1, -0.05) is 5.16 Å². The van der Waals surface area contributed by atoms with E-state index in [1.165, 1.54) is 0 Å². The molecule has 1 aromatic heterocycles. The summed E-state index contributed by atoms with van der Waals surface area (Å²) in [6.45, 7) is 3.17. The quantitative estimate of drug-likeness (QED) is 0.863. The van der Waals surface area contributed by atoms with Gasteiger partial charge in [-0.05, 0) is 26.2 Å². The Kier molecular flexibility index (Phi) is 4.02. The van der Waals surface area contributed by atoms with E-state index in [4.69, 9.17) is 9.26 Å². The van der Waals surface area contributed by atoms with Crippen molar-refractivity contribution in [3.05, 3.63) is 11.7 Å². The molecule has 3 heterocycles. The maximum absolute atomic E-state index is 11.6. The summed E-state index contributed by atoms with van der Waals surface area (Å²) < 4.78 is 34.3. The summed E-state index contributed by atoms with van der Waals surface area (Å²) in [6.07, 6.45) is 3.46. The van der Waals surface area contributed by atoms with Crippen LogP contribution in [0.1, 0.15) is 37.9 Å². The Balaban J connectivity index is 1.67. The first kappa shape index (κ1) is 14.9. The lowest BCUT2D eigenvalue weighted by atomic mass is 9.95. The van der Waals surface area contributed by atoms with Crippen molar-refractivity contribution >= 4 is 9.84 Å². The molecule has 0 bridgehead atoms. The van der Waals surface area contributed by atoms with Gasteiger partial charge in [0.05, 0.1) is 11.5 Å². The van der Waals surface area contributed by atoms with Crippen LogP contribution in [-0.4, -0.2) is 49.3 Å². The Morgan fingerprint density at radius 1 is 1.43 bits per heavy atom. The Morgan fingerprint density at radius 2 is 2.29 bits per heavy atom. The van der Waals surface area contributed by atoms with Crippen molar-refractivity contribution in [3.8, 4) is 0 Å². The van der Waals surface area contributed by atoms with Crippen LogP contribution in [0.4, 0.5) is 0 Å². The van der Waals surface area contributed by atoms with Gasteiger partial charge in [0.1, 0.15) is 5.60 Å². The molecular weight excluding hydrogens is 294 g/mol. The van der Waals surface area contributed by atoms with Crippen LogP contribution >= 0.6 is 0 Å². The smallest absolute Gasteiger partial charge is 0.228 e. The predicted molar refractivity (Wildman–Crippen MR) is 75.6 cm³/mol. The third-order valence-corrected chi connectivity index (χ3v) is 5.87. The van der Waals surface area contributed by atoms with Crippen molar-refractivity contribution < 1.29 is 17.7 Å². The van der Waals surface area contributed by atoms with Crippen LogP contribution in [-0.2, 0) is 26.6 Å². The number of aromatic nitrogens is 2. The fourth-order valence-corrected chi connectivity index (χ4v) is 4.32. The molecule has 0 aliphatic carbocycles. The zero-order valence-corrected chi connectivity index (χ0v) is 13.0. The average molecular weight is 315 g/mol. The highest BCUT2D eigenvalue weighted by Crippen LogP contribution is 2.32. The second kappa shape index (κ2) is 5.66. The molecule has 7 nitrogen and oxygen atoms in total. The largest absolute Gasteiger partial charge is 0.367 e. The summed E-state index contributed by atoms with van der Waals surface area (Å²) >= 11 is 0. The van der Waals surface area contributed by atoms with E-state index in [1.807, 2.05) is 6.92 Å². The first-order valence-corrected chi connectivity index (χ1v) is 9.20. The van der Waals surface area contributed by atoms with Crippen molar-refractivity contribution in [1.82, 2.24) is 15.5 Å². The van der Waals surface area contributed by atoms with Gasteiger partial charge in [-0.15, -0.1) is 0 Å². The lowest BCUT2D eigenvalue weighted by Crippen LogP contribution is -2.46. The fraction of sp³-hybridized carbons (Fsp3) is 0.846. The number of sulfone groups is 1. The molecule has 118 valence electrons. The maximum Gasteiger partial charge on any atom is 0.228 e. The summed E-state index contributed by atoms with van der Waals surface area (Å²) in [6, 6.07) is -0.155. The second-order valence-electron chi connectivity index (χ2n) is 6.02. The van der Waals surface area contributed by atoms with Gasteiger partial charge in [0.25, 0.3) is 0 Å². The van der Waals surface area contributed by atoms with Crippen molar-refractivity contribution in [3.63, 3.8) is 0 Å². The zero-order valence-electron chi connectivity index (χ0n) is 12.2. The molecule has 21 heavy (non-hydrogen) atoms. The second-order valence-corrected chi connectivity index (χ2v) is 8.25. The van der Waals surface area contributed by atoms with E-state index in [0.717, 1.165) is 19.3 Å². The molecule has 2 atom stereocenters. The minimum atomic E-state index is -2.95. The zero-order chi connectivity index (χ0) is 14.9. The SMILES string of the molecule is CC1(c2noc(CC3CS(=O)(=O)CCN3)n2)CCCCO1. The number of nitrogens with one attached hydrogen (secondary N) is 1. The Morgan fingerprint density at radius 3 is 3.00 bits per heavy atom. The molecule has 2 aliphatic rings. The number of rotatable bonds is 3. The van der Waals surface area contributed by atoms with Crippen molar-refractivity contribution in [1.29, 1.82) is 0 Å².